The lowest BCUT2D eigenvalue weighted by atomic mass is 10.1. The van der Waals surface area contributed by atoms with Crippen molar-refractivity contribution in [2.75, 3.05) is 25.0 Å². The molecule has 1 unspecified atom stereocenters. The van der Waals surface area contributed by atoms with Crippen molar-refractivity contribution >= 4 is 17.3 Å². The number of hydrogen-bond acceptors (Lipinski definition) is 4. The van der Waals surface area contributed by atoms with Crippen molar-refractivity contribution in [3.8, 4) is 0 Å². The van der Waals surface area contributed by atoms with Crippen molar-refractivity contribution in [3.05, 3.63) is 93.4 Å². The number of halogens is 1. The van der Waals surface area contributed by atoms with Crippen LogP contribution in [0.25, 0.3) is 0 Å². The summed E-state index contributed by atoms with van der Waals surface area (Å²) in [6.45, 7) is 3.48. The van der Waals surface area contributed by atoms with Gasteiger partial charge in [0.2, 0.25) is 0 Å². The Balaban J connectivity index is 1.57. The highest BCUT2D eigenvalue weighted by atomic mass is 35.5. The fourth-order valence-corrected chi connectivity index (χ4v) is 3.97. The molecule has 1 N–H and O–H groups in total. The van der Waals surface area contributed by atoms with Crippen molar-refractivity contribution in [2.24, 2.45) is 0 Å². The number of hydrogen-bond donors (Lipinski definition) is 1. The molecule has 6 heteroatoms. The molecule has 0 bridgehead atoms. The van der Waals surface area contributed by atoms with Gasteiger partial charge in [-0.2, -0.15) is 5.10 Å². The van der Waals surface area contributed by atoms with E-state index in [0.717, 1.165) is 25.2 Å². The first-order valence-corrected chi connectivity index (χ1v) is 10.4. The zero-order valence-electron chi connectivity index (χ0n) is 16.3. The van der Waals surface area contributed by atoms with E-state index < -0.39 is 0 Å². The topological polar surface area (TPSA) is 50.2 Å². The van der Waals surface area contributed by atoms with Crippen molar-refractivity contribution in [1.82, 2.24) is 14.7 Å². The van der Waals surface area contributed by atoms with Gasteiger partial charge in [-0.15, -0.1) is 0 Å². The van der Waals surface area contributed by atoms with Crippen LogP contribution in [-0.4, -0.2) is 34.3 Å². The van der Waals surface area contributed by atoms with E-state index >= 15 is 0 Å². The molecular formula is C23H25ClN4O. The van der Waals surface area contributed by atoms with Gasteiger partial charge in [0.05, 0.1) is 24.5 Å². The van der Waals surface area contributed by atoms with Crippen molar-refractivity contribution in [2.45, 2.75) is 25.4 Å². The lowest BCUT2D eigenvalue weighted by molar-refractivity contribution is 0.323. The molecule has 5 nitrogen and oxygen atoms in total. The fourth-order valence-electron chi connectivity index (χ4n) is 3.77. The molecule has 150 valence electrons. The van der Waals surface area contributed by atoms with Crippen LogP contribution in [0.4, 0.5) is 5.69 Å². The maximum atomic E-state index is 12.8. The van der Waals surface area contributed by atoms with Crippen LogP contribution in [0.1, 0.15) is 30.0 Å². The highest BCUT2D eigenvalue weighted by molar-refractivity contribution is 6.32. The zero-order chi connectivity index (χ0) is 20.1. The predicted octanol–water partition coefficient (Wildman–Crippen LogP) is 4.19. The molecule has 2 heterocycles. The van der Waals surface area contributed by atoms with Gasteiger partial charge >= 0.3 is 0 Å². The summed E-state index contributed by atoms with van der Waals surface area (Å²) in [6, 6.07) is 20.1. The molecule has 1 aliphatic heterocycles. The largest absolute Gasteiger partial charge is 0.374 e. The van der Waals surface area contributed by atoms with Crippen LogP contribution in [0.15, 0.2) is 71.7 Å². The number of rotatable bonds is 7. The van der Waals surface area contributed by atoms with Crippen LogP contribution in [0.5, 0.6) is 0 Å². The molecule has 0 spiro atoms. The Hall–Kier alpha value is -2.63. The average Bonchev–Trinajstić information content (AvgIpc) is 3.27. The standard InChI is InChI=1S/C23H25ClN4O/c24-22-20(15-25-28(23(22)29)16-18-9-3-1-4-10-18)26-21(17-27-13-7-8-14-27)19-11-5-2-6-12-19/h1-6,9-12,15,21,26H,7-8,13-14,16-17H2. The number of nitrogens with one attached hydrogen (secondary N) is 1. The van der Waals surface area contributed by atoms with Crippen molar-refractivity contribution in [3.63, 3.8) is 0 Å². The van der Waals surface area contributed by atoms with Crippen LogP contribution in [-0.2, 0) is 6.54 Å². The SMILES string of the molecule is O=c1c(Cl)c(NC(CN2CCCC2)c2ccccc2)cnn1Cc1ccccc1. The number of nitrogens with zero attached hydrogens (tertiary/aromatic N) is 3. The first-order chi connectivity index (χ1) is 14.2. The summed E-state index contributed by atoms with van der Waals surface area (Å²) < 4.78 is 1.40. The number of anilines is 1. The number of benzene rings is 2. The Morgan fingerprint density at radius 1 is 1.00 bits per heavy atom. The Bertz CT molecular complexity index is 985. The molecule has 1 fully saturated rings. The van der Waals surface area contributed by atoms with Gasteiger partial charge in [-0.05, 0) is 37.1 Å². The summed E-state index contributed by atoms with van der Waals surface area (Å²) in [7, 11) is 0. The molecule has 1 saturated heterocycles. The average molecular weight is 409 g/mol. The quantitative estimate of drug-likeness (QED) is 0.636. The van der Waals surface area contributed by atoms with E-state index in [4.69, 9.17) is 11.6 Å². The minimum atomic E-state index is -0.284. The van der Waals surface area contributed by atoms with E-state index in [-0.39, 0.29) is 16.6 Å². The summed E-state index contributed by atoms with van der Waals surface area (Å²) in [5.74, 6) is 0. The van der Waals surface area contributed by atoms with Gasteiger partial charge in [-0.1, -0.05) is 72.3 Å². The van der Waals surface area contributed by atoms with Crippen molar-refractivity contribution < 1.29 is 0 Å². The summed E-state index contributed by atoms with van der Waals surface area (Å²) in [6.07, 6.45) is 4.13. The minimum Gasteiger partial charge on any atom is -0.374 e. The molecular weight excluding hydrogens is 384 g/mol. The smallest absolute Gasteiger partial charge is 0.287 e. The molecule has 0 saturated carbocycles. The van der Waals surface area contributed by atoms with Gasteiger partial charge in [0, 0.05) is 6.54 Å². The molecule has 0 radical (unpaired) electrons. The van der Waals surface area contributed by atoms with E-state index in [9.17, 15) is 4.79 Å². The molecule has 0 aliphatic carbocycles. The van der Waals surface area contributed by atoms with Crippen LogP contribution in [0.2, 0.25) is 5.02 Å². The van der Waals surface area contributed by atoms with Crippen LogP contribution < -0.4 is 10.9 Å². The van der Waals surface area contributed by atoms with E-state index in [2.05, 4.69) is 27.4 Å². The van der Waals surface area contributed by atoms with E-state index in [1.807, 2.05) is 48.5 Å². The van der Waals surface area contributed by atoms with Crippen LogP contribution in [0, 0.1) is 0 Å². The highest BCUT2D eigenvalue weighted by Gasteiger charge is 2.21. The molecule has 4 rings (SSSR count). The monoisotopic (exact) mass is 408 g/mol. The zero-order valence-corrected chi connectivity index (χ0v) is 17.1. The molecule has 1 atom stereocenters. The number of likely N-dealkylation sites (tertiary alicyclic amines) is 1. The fraction of sp³-hybridized carbons (Fsp3) is 0.304. The predicted molar refractivity (Wildman–Crippen MR) is 118 cm³/mol. The Kier molecular flexibility index (Phi) is 6.27. The van der Waals surface area contributed by atoms with Gasteiger partial charge in [0.15, 0.2) is 0 Å². The highest BCUT2D eigenvalue weighted by Crippen LogP contribution is 2.25. The van der Waals surface area contributed by atoms with Gasteiger partial charge in [0.25, 0.3) is 5.56 Å². The third kappa shape index (κ3) is 4.86. The summed E-state index contributed by atoms with van der Waals surface area (Å²) in [4.78, 5) is 15.2. The molecule has 29 heavy (non-hydrogen) atoms. The third-order valence-electron chi connectivity index (χ3n) is 5.33. The van der Waals surface area contributed by atoms with Crippen LogP contribution >= 0.6 is 11.6 Å². The first kappa shape index (κ1) is 19.7. The third-order valence-corrected chi connectivity index (χ3v) is 5.70. The molecule has 1 aromatic heterocycles. The minimum absolute atomic E-state index is 0.0398. The summed E-state index contributed by atoms with van der Waals surface area (Å²) in [5, 5.41) is 8.01. The van der Waals surface area contributed by atoms with Crippen molar-refractivity contribution in [1.29, 1.82) is 0 Å². The van der Waals surface area contributed by atoms with Gasteiger partial charge in [-0.3, -0.25) is 4.79 Å². The second-order valence-corrected chi connectivity index (χ2v) is 7.81. The Morgan fingerprint density at radius 3 is 2.34 bits per heavy atom. The molecule has 2 aromatic carbocycles. The van der Waals surface area contributed by atoms with E-state index in [1.54, 1.807) is 6.20 Å². The number of aromatic nitrogens is 2. The summed E-state index contributed by atoms with van der Waals surface area (Å²) >= 11 is 6.46. The summed E-state index contributed by atoms with van der Waals surface area (Å²) in [5.41, 5.74) is 2.47. The molecule has 1 aliphatic rings. The van der Waals surface area contributed by atoms with Gasteiger partial charge in [-0.25, -0.2) is 4.68 Å². The molecule has 3 aromatic rings. The normalized spacial score (nSPS) is 15.3. The lowest BCUT2D eigenvalue weighted by Crippen LogP contribution is -2.31. The second-order valence-electron chi connectivity index (χ2n) is 7.44. The van der Waals surface area contributed by atoms with E-state index in [1.165, 1.54) is 23.1 Å². The lowest BCUT2D eigenvalue weighted by Gasteiger charge is -2.26. The van der Waals surface area contributed by atoms with Gasteiger partial charge in [0.1, 0.15) is 5.02 Å². The van der Waals surface area contributed by atoms with Gasteiger partial charge < -0.3 is 10.2 Å². The Morgan fingerprint density at radius 2 is 1.66 bits per heavy atom. The maximum Gasteiger partial charge on any atom is 0.287 e. The second kappa shape index (κ2) is 9.25. The first-order valence-electron chi connectivity index (χ1n) is 10.0. The molecule has 0 amide bonds. The van der Waals surface area contributed by atoms with E-state index in [0.29, 0.717) is 12.2 Å². The van der Waals surface area contributed by atoms with Crippen LogP contribution in [0.3, 0.4) is 0 Å². The Labute approximate surface area is 175 Å². The maximum absolute atomic E-state index is 12.8.